The van der Waals surface area contributed by atoms with Crippen molar-refractivity contribution in [1.82, 2.24) is 0 Å². The molecule has 0 aliphatic heterocycles. The third kappa shape index (κ3) is 3.36. The number of aryl methyl sites for hydroxylation is 2. The van der Waals surface area contributed by atoms with E-state index in [1.165, 1.54) is 6.07 Å². The molecule has 0 spiro atoms. The van der Waals surface area contributed by atoms with Crippen LogP contribution in [0.1, 0.15) is 16.7 Å². The minimum absolute atomic E-state index is 0.0135. The molecule has 0 radical (unpaired) electrons. The summed E-state index contributed by atoms with van der Waals surface area (Å²) in [5.41, 5.74) is 2.60. The summed E-state index contributed by atoms with van der Waals surface area (Å²) in [4.78, 5) is 10.7. The number of hydrogen-bond donors (Lipinski definition) is 0. The Kier molecular flexibility index (Phi) is 4.39. The van der Waals surface area contributed by atoms with Crippen LogP contribution in [0.5, 0.6) is 5.75 Å². The van der Waals surface area contributed by atoms with Gasteiger partial charge < -0.3 is 4.74 Å². The van der Waals surface area contributed by atoms with Gasteiger partial charge >= 0.3 is 5.69 Å². The zero-order chi connectivity index (χ0) is 14.7. The van der Waals surface area contributed by atoms with Gasteiger partial charge in [0.1, 0.15) is 6.61 Å². The highest BCUT2D eigenvalue weighted by atomic mass is 79.9. The molecule has 0 N–H and O–H groups in total. The van der Waals surface area contributed by atoms with Gasteiger partial charge in [0, 0.05) is 10.5 Å². The molecule has 0 saturated carbocycles. The standard InChI is InChI=1S/C15H14BrNO3/c1-10-7-11(2)15(14(8-10)17(18)19)20-9-12-3-5-13(16)6-4-12/h3-8H,9H2,1-2H3. The van der Waals surface area contributed by atoms with Gasteiger partial charge in [-0.25, -0.2) is 0 Å². The Bertz CT molecular complexity index is 638. The quantitative estimate of drug-likeness (QED) is 0.608. The molecule has 0 aromatic heterocycles. The SMILES string of the molecule is Cc1cc(C)c(OCc2ccc(Br)cc2)c([N+](=O)[O-])c1. The summed E-state index contributed by atoms with van der Waals surface area (Å²) in [5, 5.41) is 11.1. The number of nitro groups is 1. The van der Waals surface area contributed by atoms with Crippen molar-refractivity contribution in [1.29, 1.82) is 0 Å². The van der Waals surface area contributed by atoms with Gasteiger partial charge in [-0.3, -0.25) is 10.1 Å². The lowest BCUT2D eigenvalue weighted by molar-refractivity contribution is -0.386. The fraction of sp³-hybridized carbons (Fsp3) is 0.200. The summed E-state index contributed by atoms with van der Waals surface area (Å²) in [6.45, 7) is 3.95. The van der Waals surface area contributed by atoms with Crippen molar-refractivity contribution < 1.29 is 9.66 Å². The summed E-state index contributed by atoms with van der Waals surface area (Å²) < 4.78 is 6.64. The Morgan fingerprint density at radius 2 is 1.85 bits per heavy atom. The van der Waals surface area contributed by atoms with Crippen LogP contribution in [-0.4, -0.2) is 4.92 Å². The van der Waals surface area contributed by atoms with E-state index < -0.39 is 4.92 Å². The van der Waals surface area contributed by atoms with Gasteiger partial charge in [-0.2, -0.15) is 0 Å². The first kappa shape index (κ1) is 14.5. The fourth-order valence-corrected chi connectivity index (χ4v) is 2.26. The lowest BCUT2D eigenvalue weighted by atomic mass is 10.1. The van der Waals surface area contributed by atoms with E-state index in [9.17, 15) is 10.1 Å². The fourth-order valence-electron chi connectivity index (χ4n) is 1.99. The number of rotatable bonds is 4. The average molecular weight is 336 g/mol. The van der Waals surface area contributed by atoms with E-state index in [2.05, 4.69) is 15.9 Å². The maximum atomic E-state index is 11.1. The molecule has 4 nitrogen and oxygen atoms in total. The van der Waals surface area contributed by atoms with E-state index in [0.717, 1.165) is 21.2 Å². The van der Waals surface area contributed by atoms with Gasteiger partial charge in [0.25, 0.3) is 0 Å². The molecule has 0 saturated heterocycles. The summed E-state index contributed by atoms with van der Waals surface area (Å²) in [6.07, 6.45) is 0. The predicted molar refractivity (Wildman–Crippen MR) is 81.0 cm³/mol. The molecule has 0 atom stereocenters. The smallest absolute Gasteiger partial charge is 0.311 e. The van der Waals surface area contributed by atoms with Gasteiger partial charge in [0.2, 0.25) is 0 Å². The third-order valence-electron chi connectivity index (χ3n) is 2.89. The van der Waals surface area contributed by atoms with E-state index in [0.29, 0.717) is 12.4 Å². The number of nitro benzene ring substituents is 1. The van der Waals surface area contributed by atoms with Gasteiger partial charge in [0.05, 0.1) is 4.92 Å². The molecule has 5 heteroatoms. The van der Waals surface area contributed by atoms with Gasteiger partial charge in [-0.05, 0) is 42.7 Å². The van der Waals surface area contributed by atoms with E-state index in [-0.39, 0.29) is 5.69 Å². The van der Waals surface area contributed by atoms with Crippen LogP contribution in [0.25, 0.3) is 0 Å². The average Bonchev–Trinajstić information content (AvgIpc) is 2.38. The summed E-state index contributed by atoms with van der Waals surface area (Å²) in [6, 6.07) is 11.1. The molecule has 0 fully saturated rings. The molecule has 0 amide bonds. The molecule has 0 unspecified atom stereocenters. The monoisotopic (exact) mass is 335 g/mol. The van der Waals surface area contributed by atoms with E-state index in [4.69, 9.17) is 4.74 Å². The lowest BCUT2D eigenvalue weighted by Gasteiger charge is -2.10. The molecule has 0 aliphatic carbocycles. The minimum Gasteiger partial charge on any atom is -0.482 e. The predicted octanol–water partition coefficient (Wildman–Crippen LogP) is 4.55. The number of benzene rings is 2. The number of nitrogens with zero attached hydrogens (tertiary/aromatic N) is 1. The largest absolute Gasteiger partial charge is 0.482 e. The molecular weight excluding hydrogens is 322 g/mol. The highest BCUT2D eigenvalue weighted by Gasteiger charge is 2.18. The van der Waals surface area contributed by atoms with E-state index in [1.807, 2.05) is 44.2 Å². The van der Waals surface area contributed by atoms with Crippen LogP contribution in [0.4, 0.5) is 5.69 Å². The Morgan fingerprint density at radius 1 is 1.20 bits per heavy atom. The first-order valence-electron chi connectivity index (χ1n) is 6.10. The van der Waals surface area contributed by atoms with Crippen molar-refractivity contribution in [2.24, 2.45) is 0 Å². The molecule has 20 heavy (non-hydrogen) atoms. The molecule has 0 aliphatic rings. The first-order valence-corrected chi connectivity index (χ1v) is 6.89. The topological polar surface area (TPSA) is 52.4 Å². The van der Waals surface area contributed by atoms with Crippen LogP contribution in [-0.2, 0) is 6.61 Å². The summed E-state index contributed by atoms with van der Waals surface area (Å²) in [7, 11) is 0. The van der Waals surface area contributed by atoms with Crippen molar-refractivity contribution in [3.05, 3.63) is 67.7 Å². The number of halogens is 1. The highest BCUT2D eigenvalue weighted by molar-refractivity contribution is 9.10. The maximum absolute atomic E-state index is 11.1. The zero-order valence-corrected chi connectivity index (χ0v) is 12.8. The minimum atomic E-state index is -0.406. The molecule has 104 valence electrons. The van der Waals surface area contributed by atoms with Crippen LogP contribution in [0, 0.1) is 24.0 Å². The summed E-state index contributed by atoms with van der Waals surface area (Å²) >= 11 is 3.36. The third-order valence-corrected chi connectivity index (χ3v) is 3.42. The van der Waals surface area contributed by atoms with Gasteiger partial charge in [-0.1, -0.05) is 34.1 Å². The molecule has 2 rings (SSSR count). The number of hydrogen-bond acceptors (Lipinski definition) is 3. The first-order chi connectivity index (χ1) is 9.47. The number of ether oxygens (including phenoxy) is 1. The van der Waals surface area contributed by atoms with Crippen molar-refractivity contribution in [3.8, 4) is 5.75 Å². The second-order valence-electron chi connectivity index (χ2n) is 4.60. The van der Waals surface area contributed by atoms with Crippen LogP contribution < -0.4 is 4.74 Å². The summed E-state index contributed by atoms with van der Waals surface area (Å²) in [5.74, 6) is 0.337. The molecule has 0 heterocycles. The van der Waals surface area contributed by atoms with Crippen molar-refractivity contribution in [2.45, 2.75) is 20.5 Å². The maximum Gasteiger partial charge on any atom is 0.311 e. The van der Waals surface area contributed by atoms with Crippen LogP contribution in [0.3, 0.4) is 0 Å². The van der Waals surface area contributed by atoms with Crippen LogP contribution in [0.15, 0.2) is 40.9 Å². The normalized spacial score (nSPS) is 10.3. The Morgan fingerprint density at radius 3 is 2.45 bits per heavy atom. The van der Waals surface area contributed by atoms with E-state index in [1.54, 1.807) is 0 Å². The molecular formula is C15H14BrNO3. The second-order valence-corrected chi connectivity index (χ2v) is 5.52. The Labute approximate surface area is 125 Å². The molecule has 0 bridgehead atoms. The Hall–Kier alpha value is -1.88. The molecule has 2 aromatic carbocycles. The van der Waals surface area contributed by atoms with Gasteiger partial charge in [0.15, 0.2) is 5.75 Å². The molecule has 2 aromatic rings. The zero-order valence-electron chi connectivity index (χ0n) is 11.2. The lowest BCUT2D eigenvalue weighted by Crippen LogP contribution is -2.01. The Balaban J connectivity index is 2.24. The van der Waals surface area contributed by atoms with Crippen molar-refractivity contribution in [2.75, 3.05) is 0 Å². The van der Waals surface area contributed by atoms with E-state index >= 15 is 0 Å². The van der Waals surface area contributed by atoms with Crippen LogP contribution in [0.2, 0.25) is 0 Å². The second kappa shape index (κ2) is 6.05. The van der Waals surface area contributed by atoms with Crippen molar-refractivity contribution >= 4 is 21.6 Å². The van der Waals surface area contributed by atoms with Gasteiger partial charge in [-0.15, -0.1) is 0 Å². The highest BCUT2D eigenvalue weighted by Crippen LogP contribution is 2.32. The van der Waals surface area contributed by atoms with Crippen molar-refractivity contribution in [3.63, 3.8) is 0 Å². The van der Waals surface area contributed by atoms with Crippen LogP contribution >= 0.6 is 15.9 Å².